The van der Waals surface area contributed by atoms with E-state index in [1.54, 1.807) is 0 Å². The van der Waals surface area contributed by atoms with Crippen molar-refractivity contribution in [3.8, 4) is 5.88 Å². The molecular weight excluding hydrogens is 329 g/mol. The number of likely N-dealkylation sites (tertiary alicyclic amines) is 1. The number of rotatable bonds is 4. The van der Waals surface area contributed by atoms with E-state index in [1.165, 1.54) is 31.3 Å². The molecular formula is C14H17F3N4O3. The minimum Gasteiger partial charge on any atom is -0.480 e. The lowest BCUT2D eigenvalue weighted by Crippen LogP contribution is -2.36. The second-order valence-electron chi connectivity index (χ2n) is 5.61. The maximum atomic E-state index is 13.1. The van der Waals surface area contributed by atoms with Crippen molar-refractivity contribution in [2.45, 2.75) is 6.18 Å². The molecule has 24 heavy (non-hydrogen) atoms. The molecule has 2 amide bonds. The van der Waals surface area contributed by atoms with Crippen LogP contribution >= 0.6 is 0 Å². The fourth-order valence-corrected chi connectivity index (χ4v) is 2.69. The average molecular weight is 346 g/mol. The van der Waals surface area contributed by atoms with Crippen molar-refractivity contribution in [2.75, 3.05) is 32.6 Å². The van der Waals surface area contributed by atoms with E-state index in [4.69, 9.17) is 10.5 Å². The molecule has 0 radical (unpaired) electrons. The summed E-state index contributed by atoms with van der Waals surface area (Å²) in [5.74, 6) is -4.64. The van der Waals surface area contributed by atoms with E-state index in [2.05, 4.69) is 10.3 Å². The summed E-state index contributed by atoms with van der Waals surface area (Å²) < 4.78 is 44.0. The van der Waals surface area contributed by atoms with Crippen LogP contribution in [0.25, 0.3) is 0 Å². The zero-order valence-corrected chi connectivity index (χ0v) is 13.1. The van der Waals surface area contributed by atoms with E-state index in [0.29, 0.717) is 0 Å². The molecule has 1 aromatic rings. The van der Waals surface area contributed by atoms with Gasteiger partial charge < -0.3 is 20.7 Å². The number of hydrogen-bond acceptors (Lipinski definition) is 5. The van der Waals surface area contributed by atoms with Gasteiger partial charge in [-0.15, -0.1) is 0 Å². The van der Waals surface area contributed by atoms with Gasteiger partial charge in [0.2, 0.25) is 11.8 Å². The van der Waals surface area contributed by atoms with Crippen LogP contribution in [0, 0.1) is 11.8 Å². The Kier molecular flexibility index (Phi) is 4.97. The highest BCUT2D eigenvalue weighted by molar-refractivity contribution is 5.98. The van der Waals surface area contributed by atoms with Crippen molar-refractivity contribution in [1.29, 1.82) is 0 Å². The number of aromatic nitrogens is 1. The Morgan fingerprint density at radius 1 is 1.42 bits per heavy atom. The number of anilines is 1. The largest absolute Gasteiger partial charge is 0.480 e. The van der Waals surface area contributed by atoms with Gasteiger partial charge in [-0.05, 0) is 13.1 Å². The summed E-state index contributed by atoms with van der Waals surface area (Å²) in [5, 5.41) is 2.36. The van der Waals surface area contributed by atoms with Crippen LogP contribution in [0.2, 0.25) is 0 Å². The number of hydrogen-bond donors (Lipinski definition) is 2. The summed E-state index contributed by atoms with van der Waals surface area (Å²) >= 11 is 0. The second kappa shape index (κ2) is 6.63. The summed E-state index contributed by atoms with van der Waals surface area (Å²) in [6.07, 6.45) is -3.28. The Bertz CT molecular complexity index is 651. The van der Waals surface area contributed by atoms with Crippen molar-refractivity contribution in [1.82, 2.24) is 9.88 Å². The fourth-order valence-electron chi connectivity index (χ4n) is 2.69. The molecule has 7 nitrogen and oxygen atoms in total. The van der Waals surface area contributed by atoms with E-state index in [0.717, 1.165) is 0 Å². The summed E-state index contributed by atoms with van der Waals surface area (Å²) in [5.41, 5.74) is 5.18. The van der Waals surface area contributed by atoms with Crippen molar-refractivity contribution in [3.05, 3.63) is 17.8 Å². The van der Waals surface area contributed by atoms with E-state index < -0.39 is 29.8 Å². The third kappa shape index (κ3) is 3.75. The summed E-state index contributed by atoms with van der Waals surface area (Å²) in [6, 6.07) is 1.22. The normalized spacial score (nSPS) is 21.5. The number of amides is 2. The zero-order valence-electron chi connectivity index (χ0n) is 13.1. The van der Waals surface area contributed by atoms with Crippen LogP contribution in [0.1, 0.15) is 10.4 Å². The third-order valence-corrected chi connectivity index (χ3v) is 3.84. The number of nitrogens with one attached hydrogen (secondary N) is 1. The molecule has 0 saturated carbocycles. The first kappa shape index (κ1) is 18.0. The van der Waals surface area contributed by atoms with Crippen molar-refractivity contribution < 1.29 is 27.5 Å². The maximum absolute atomic E-state index is 13.1. The molecule has 1 fully saturated rings. The van der Waals surface area contributed by atoms with Crippen molar-refractivity contribution in [2.24, 2.45) is 17.6 Å². The molecule has 3 N–H and O–H groups in total. The molecule has 1 saturated heterocycles. The second-order valence-corrected chi connectivity index (χ2v) is 5.61. The molecule has 0 bridgehead atoms. The number of nitrogens with zero attached hydrogens (tertiary/aromatic N) is 2. The Labute approximate surface area is 136 Å². The first-order valence-electron chi connectivity index (χ1n) is 7.03. The van der Waals surface area contributed by atoms with Crippen LogP contribution in [0.5, 0.6) is 5.88 Å². The highest BCUT2D eigenvalue weighted by Gasteiger charge is 2.51. The van der Waals surface area contributed by atoms with Gasteiger partial charge in [-0.3, -0.25) is 9.59 Å². The molecule has 0 spiro atoms. The van der Waals surface area contributed by atoms with Gasteiger partial charge in [0.15, 0.2) is 0 Å². The predicted molar refractivity (Wildman–Crippen MR) is 78.5 cm³/mol. The van der Waals surface area contributed by atoms with Gasteiger partial charge >= 0.3 is 6.18 Å². The number of methoxy groups -OCH3 is 1. The Hall–Kier alpha value is -2.36. The molecule has 0 aromatic carbocycles. The number of ether oxygens (including phenoxy) is 1. The Balaban J connectivity index is 2.20. The smallest absolute Gasteiger partial charge is 0.393 e. The van der Waals surface area contributed by atoms with Crippen LogP contribution in [-0.4, -0.2) is 55.1 Å². The lowest BCUT2D eigenvalue weighted by Gasteiger charge is -2.20. The number of halogens is 3. The molecule has 0 aliphatic carbocycles. The first-order chi connectivity index (χ1) is 11.1. The summed E-state index contributed by atoms with van der Waals surface area (Å²) in [6.45, 7) is -0.253. The SMILES string of the molecule is COc1ncc(NC(=O)[C@@H]2CN(C)C[C@H]2C(F)(F)F)cc1C(N)=O. The van der Waals surface area contributed by atoms with Gasteiger partial charge in [0.1, 0.15) is 5.56 Å². The molecule has 2 atom stereocenters. The number of nitrogens with two attached hydrogens (primary N) is 1. The van der Waals surface area contributed by atoms with Gasteiger partial charge in [0.05, 0.1) is 30.8 Å². The molecule has 0 unspecified atom stereocenters. The van der Waals surface area contributed by atoms with E-state index in [-0.39, 0.29) is 30.2 Å². The summed E-state index contributed by atoms with van der Waals surface area (Å²) in [4.78, 5) is 28.8. The average Bonchev–Trinajstić information content (AvgIpc) is 2.89. The number of carbonyl (C=O) groups excluding carboxylic acids is 2. The van der Waals surface area contributed by atoms with Gasteiger partial charge in [-0.25, -0.2) is 4.98 Å². The molecule has 1 aromatic heterocycles. The minimum atomic E-state index is -4.47. The Morgan fingerprint density at radius 2 is 2.08 bits per heavy atom. The van der Waals surface area contributed by atoms with Gasteiger partial charge in [-0.1, -0.05) is 0 Å². The van der Waals surface area contributed by atoms with Gasteiger partial charge in [-0.2, -0.15) is 13.2 Å². The first-order valence-corrected chi connectivity index (χ1v) is 7.03. The molecule has 132 valence electrons. The number of pyridine rings is 1. The van der Waals surface area contributed by atoms with Crippen molar-refractivity contribution in [3.63, 3.8) is 0 Å². The van der Waals surface area contributed by atoms with E-state index in [9.17, 15) is 22.8 Å². The topological polar surface area (TPSA) is 97.6 Å². The standard InChI is InChI=1S/C14H17F3N4O3/c1-21-5-9(10(6-21)14(15,16)17)12(23)20-7-3-8(11(18)22)13(24-2)19-4-7/h3-4,9-10H,5-6H2,1-2H3,(H2,18,22)(H,20,23)/t9-,10-/m1/s1. The van der Waals surface area contributed by atoms with E-state index >= 15 is 0 Å². The zero-order chi connectivity index (χ0) is 18.1. The number of primary amides is 1. The summed E-state index contributed by atoms with van der Waals surface area (Å²) in [7, 11) is 2.81. The van der Waals surface area contributed by atoms with Crippen LogP contribution in [-0.2, 0) is 4.79 Å². The maximum Gasteiger partial charge on any atom is 0.393 e. The van der Waals surface area contributed by atoms with Gasteiger partial charge in [0, 0.05) is 13.1 Å². The molecule has 2 heterocycles. The lowest BCUT2D eigenvalue weighted by atomic mass is 9.94. The van der Waals surface area contributed by atoms with Crippen molar-refractivity contribution >= 4 is 17.5 Å². The highest BCUT2D eigenvalue weighted by atomic mass is 19.4. The van der Waals surface area contributed by atoms with E-state index in [1.807, 2.05) is 0 Å². The van der Waals surface area contributed by atoms with Crippen LogP contribution in [0.15, 0.2) is 12.3 Å². The molecule has 2 rings (SSSR count). The molecule has 10 heteroatoms. The molecule has 1 aliphatic heterocycles. The highest BCUT2D eigenvalue weighted by Crippen LogP contribution is 2.37. The van der Waals surface area contributed by atoms with Crippen LogP contribution in [0.3, 0.4) is 0 Å². The number of alkyl halides is 3. The quantitative estimate of drug-likeness (QED) is 0.843. The molecule has 1 aliphatic rings. The third-order valence-electron chi connectivity index (χ3n) is 3.84. The van der Waals surface area contributed by atoms with Crippen LogP contribution < -0.4 is 15.8 Å². The Morgan fingerprint density at radius 3 is 2.62 bits per heavy atom. The van der Waals surface area contributed by atoms with Gasteiger partial charge in [0.25, 0.3) is 5.91 Å². The predicted octanol–water partition coefficient (Wildman–Crippen LogP) is 0.868. The van der Waals surface area contributed by atoms with Crippen LogP contribution in [0.4, 0.5) is 18.9 Å². The minimum absolute atomic E-state index is 0.0116. The monoisotopic (exact) mass is 346 g/mol. The number of carbonyl (C=O) groups is 2. The fraction of sp³-hybridized carbons (Fsp3) is 0.500. The lowest BCUT2D eigenvalue weighted by molar-refractivity contribution is -0.182.